The van der Waals surface area contributed by atoms with Crippen LogP contribution in [0.5, 0.6) is 0 Å². The molecule has 0 aliphatic carbocycles. The van der Waals surface area contributed by atoms with Crippen LogP contribution in [0.15, 0.2) is 59.1 Å². The van der Waals surface area contributed by atoms with Crippen molar-refractivity contribution in [2.24, 2.45) is 10.3 Å². The summed E-state index contributed by atoms with van der Waals surface area (Å²) in [6.07, 6.45) is 1.69. The van der Waals surface area contributed by atoms with Gasteiger partial charge in [-0.15, -0.1) is 0 Å². The molecule has 164 valence electrons. The van der Waals surface area contributed by atoms with Gasteiger partial charge < -0.3 is 23.5 Å². The molecule has 11 heteroatoms. The first kappa shape index (κ1) is 22.4. The zero-order valence-corrected chi connectivity index (χ0v) is 17.9. The second-order valence-electron chi connectivity index (χ2n) is 6.97. The van der Waals surface area contributed by atoms with Crippen molar-refractivity contribution in [2.45, 2.75) is 19.9 Å². The molecule has 31 heavy (non-hydrogen) atoms. The molecule has 2 aromatic heterocycles. The van der Waals surface area contributed by atoms with E-state index in [0.717, 1.165) is 0 Å². The maximum absolute atomic E-state index is 10.8. The molecule has 5 N–H and O–H groups in total. The predicted molar refractivity (Wildman–Crippen MR) is 121 cm³/mol. The van der Waals surface area contributed by atoms with Crippen LogP contribution in [-0.4, -0.2) is 37.3 Å². The van der Waals surface area contributed by atoms with E-state index in [1.165, 1.54) is 0 Å². The molecule has 0 amide bonds. The summed E-state index contributed by atoms with van der Waals surface area (Å²) in [5.41, 5.74) is 8.43. The van der Waals surface area contributed by atoms with Crippen LogP contribution >= 0.6 is 0 Å². The Morgan fingerprint density at radius 2 is 1.84 bits per heavy atom. The Morgan fingerprint density at radius 1 is 1.06 bits per heavy atom. The summed E-state index contributed by atoms with van der Waals surface area (Å²) in [4.78, 5) is 13.4. The molecule has 0 saturated carbocycles. The van der Waals surface area contributed by atoms with Gasteiger partial charge in [0.05, 0.1) is 29.7 Å². The van der Waals surface area contributed by atoms with E-state index in [9.17, 15) is 9.32 Å². The second kappa shape index (κ2) is 10.7. The minimum absolute atomic E-state index is 0.0497. The Kier molecular flexibility index (Phi) is 7.70. The molecule has 0 unspecified atom stereocenters. The SMILES string of the molecule is CC(C)[C@H](CO)Nc1nc(NNc2ccc(N=[S-](=O)O)cc2)cc(-c2ccccn2)n1. The van der Waals surface area contributed by atoms with E-state index in [1.807, 2.05) is 32.0 Å². The van der Waals surface area contributed by atoms with Crippen LogP contribution in [0.4, 0.5) is 23.1 Å². The molecular weight excluding hydrogens is 418 g/mol. The van der Waals surface area contributed by atoms with Crippen molar-refractivity contribution in [3.63, 3.8) is 0 Å². The van der Waals surface area contributed by atoms with Gasteiger partial charge in [-0.3, -0.25) is 15.8 Å². The smallest absolute Gasteiger partial charge is 0.225 e. The van der Waals surface area contributed by atoms with Gasteiger partial charge in [0.1, 0.15) is 0 Å². The summed E-state index contributed by atoms with van der Waals surface area (Å²) >= 11 is 0. The number of rotatable bonds is 9. The lowest BCUT2D eigenvalue weighted by Gasteiger charge is -2.20. The second-order valence-corrected chi connectivity index (χ2v) is 7.62. The quantitative estimate of drug-likeness (QED) is 0.190. The van der Waals surface area contributed by atoms with E-state index in [1.54, 1.807) is 36.5 Å². The van der Waals surface area contributed by atoms with Gasteiger partial charge >= 0.3 is 0 Å². The number of nitrogens with zero attached hydrogens (tertiary/aromatic N) is 4. The van der Waals surface area contributed by atoms with Gasteiger partial charge in [0.25, 0.3) is 0 Å². The Hall–Kier alpha value is -3.28. The van der Waals surface area contributed by atoms with E-state index in [0.29, 0.717) is 34.5 Å². The summed E-state index contributed by atoms with van der Waals surface area (Å²) in [5, 5.41) is 12.8. The van der Waals surface area contributed by atoms with Crippen LogP contribution in [0.3, 0.4) is 0 Å². The number of pyridine rings is 1. The molecule has 0 saturated heterocycles. The number of aromatic nitrogens is 3. The minimum atomic E-state index is -2.25. The maximum Gasteiger partial charge on any atom is 0.225 e. The Balaban J connectivity index is 1.83. The average molecular weight is 443 g/mol. The molecule has 0 radical (unpaired) electrons. The molecule has 10 nitrogen and oxygen atoms in total. The Labute approximate surface area is 182 Å². The average Bonchev–Trinajstić information content (AvgIpc) is 2.77. The van der Waals surface area contributed by atoms with E-state index in [4.69, 9.17) is 4.55 Å². The largest absolute Gasteiger partial charge is 0.454 e. The monoisotopic (exact) mass is 442 g/mol. The summed E-state index contributed by atoms with van der Waals surface area (Å²) in [6.45, 7) is 3.95. The van der Waals surface area contributed by atoms with Crippen LogP contribution in [0, 0.1) is 5.92 Å². The first-order chi connectivity index (χ1) is 14.9. The number of benzene rings is 1. The van der Waals surface area contributed by atoms with Crippen molar-refractivity contribution >= 4 is 34.0 Å². The van der Waals surface area contributed by atoms with Crippen LogP contribution in [0.2, 0.25) is 0 Å². The molecule has 0 bridgehead atoms. The Bertz CT molecular complexity index is 1070. The molecule has 3 aromatic rings. The number of aliphatic hydroxyl groups excluding tert-OH is 1. The van der Waals surface area contributed by atoms with Crippen molar-refractivity contribution in [1.82, 2.24) is 15.0 Å². The van der Waals surface area contributed by atoms with Gasteiger partial charge in [-0.05, 0) is 42.3 Å². The molecule has 2 heterocycles. The fourth-order valence-electron chi connectivity index (χ4n) is 2.64. The molecule has 1 aromatic carbocycles. The van der Waals surface area contributed by atoms with E-state index in [-0.39, 0.29) is 18.6 Å². The number of hydrogen-bond donors (Lipinski definition) is 5. The third-order valence-electron chi connectivity index (χ3n) is 4.36. The summed E-state index contributed by atoms with van der Waals surface area (Å²) in [5.74, 6) is 1.03. The van der Waals surface area contributed by atoms with Crippen LogP contribution in [0.25, 0.3) is 11.4 Å². The first-order valence-corrected chi connectivity index (χ1v) is 10.6. The highest BCUT2D eigenvalue weighted by Crippen LogP contribution is 2.22. The highest BCUT2D eigenvalue weighted by molar-refractivity contribution is 7.68. The fourth-order valence-corrected chi connectivity index (χ4v) is 2.94. The number of aliphatic hydroxyl groups is 1. The van der Waals surface area contributed by atoms with Crippen LogP contribution < -0.4 is 16.2 Å². The molecule has 3 rings (SSSR count). The lowest BCUT2D eigenvalue weighted by Crippen LogP contribution is -2.30. The standard InChI is InChI=1S/C20H24N7O3S/c1-13(2)18(12-28)23-20-22-17(16-5-3-4-10-21-16)11-19(24-20)26-25-14-6-8-15(9-7-14)27-31(29)30/h3-11,13,18,25,28H,12H2,1-2H3,(H,27,29,30)(H2,22,23,24,26)/q-1/t18-/m0/s1. The molecule has 0 fully saturated rings. The lowest BCUT2D eigenvalue weighted by molar-refractivity contribution is 0.248. The zero-order chi connectivity index (χ0) is 22.2. The predicted octanol–water partition coefficient (Wildman–Crippen LogP) is 3.66. The van der Waals surface area contributed by atoms with Gasteiger partial charge in [-0.1, -0.05) is 30.8 Å². The number of nitrogens with one attached hydrogen (secondary N) is 3. The Morgan fingerprint density at radius 3 is 2.45 bits per heavy atom. The molecular formula is C20H24N7O3S-. The molecule has 0 aliphatic rings. The van der Waals surface area contributed by atoms with Crippen molar-refractivity contribution in [3.05, 3.63) is 54.7 Å². The highest BCUT2D eigenvalue weighted by Gasteiger charge is 2.15. The fraction of sp³-hybridized carbons (Fsp3) is 0.250. The van der Waals surface area contributed by atoms with E-state index >= 15 is 0 Å². The van der Waals surface area contributed by atoms with Crippen LogP contribution in [-0.2, 0) is 15.1 Å². The first-order valence-electron chi connectivity index (χ1n) is 9.57. The van der Waals surface area contributed by atoms with Gasteiger partial charge in [0.2, 0.25) is 5.95 Å². The summed E-state index contributed by atoms with van der Waals surface area (Å²) < 4.78 is 23.1. The normalized spacial score (nSPS) is 13.1. The van der Waals surface area contributed by atoms with Crippen molar-refractivity contribution in [2.75, 3.05) is 22.8 Å². The summed E-state index contributed by atoms with van der Waals surface area (Å²) in [6, 6.07) is 13.7. The lowest BCUT2D eigenvalue weighted by atomic mass is 10.1. The van der Waals surface area contributed by atoms with Gasteiger partial charge in [0, 0.05) is 18.0 Å². The van der Waals surface area contributed by atoms with Gasteiger partial charge in [-0.2, -0.15) is 4.98 Å². The number of hydrogen-bond acceptors (Lipinski definition) is 10. The van der Waals surface area contributed by atoms with E-state index < -0.39 is 10.9 Å². The van der Waals surface area contributed by atoms with Crippen molar-refractivity contribution < 1.29 is 13.9 Å². The van der Waals surface area contributed by atoms with Gasteiger partial charge in [-0.25, -0.2) is 4.98 Å². The number of hydrazine groups is 1. The maximum atomic E-state index is 10.8. The molecule has 0 spiro atoms. The number of anilines is 3. The highest BCUT2D eigenvalue weighted by atomic mass is 32.2. The van der Waals surface area contributed by atoms with Crippen molar-refractivity contribution in [1.29, 1.82) is 0 Å². The third-order valence-corrected chi connectivity index (χ3v) is 4.72. The third kappa shape index (κ3) is 6.60. The molecule has 0 aliphatic heterocycles. The zero-order valence-electron chi connectivity index (χ0n) is 17.1. The summed E-state index contributed by atoms with van der Waals surface area (Å²) in [7, 11) is -2.25. The van der Waals surface area contributed by atoms with Gasteiger partial charge in [0.15, 0.2) is 5.82 Å². The van der Waals surface area contributed by atoms with Crippen LogP contribution in [0.1, 0.15) is 13.8 Å². The minimum Gasteiger partial charge on any atom is -0.454 e. The van der Waals surface area contributed by atoms with E-state index in [2.05, 4.69) is 35.5 Å². The topological polar surface area (TPSA) is 145 Å². The molecule has 1 atom stereocenters. The van der Waals surface area contributed by atoms with Crippen molar-refractivity contribution in [3.8, 4) is 11.4 Å².